The molecular formula is C20H28N2O5. The van der Waals surface area contributed by atoms with Crippen LogP contribution in [0.1, 0.15) is 49.9 Å². The SMILES string of the molecule is CCCCOc1ccc(C(=O)N2CCNC(=O)C2CC(=O)OCCC)cc1. The number of rotatable bonds is 9. The molecule has 1 heterocycles. The zero-order valence-electron chi connectivity index (χ0n) is 16.0. The highest BCUT2D eigenvalue weighted by atomic mass is 16.5. The molecule has 1 unspecified atom stereocenters. The number of nitrogens with zero attached hydrogens (tertiary/aromatic N) is 1. The second-order valence-electron chi connectivity index (χ2n) is 6.46. The second kappa shape index (κ2) is 10.5. The fraction of sp³-hybridized carbons (Fsp3) is 0.550. The van der Waals surface area contributed by atoms with Crippen molar-refractivity contribution in [2.24, 2.45) is 0 Å². The fourth-order valence-electron chi connectivity index (χ4n) is 2.79. The van der Waals surface area contributed by atoms with E-state index in [0.29, 0.717) is 44.0 Å². The molecule has 1 N–H and O–H groups in total. The molecule has 1 saturated heterocycles. The van der Waals surface area contributed by atoms with Crippen molar-refractivity contribution in [3.8, 4) is 5.75 Å². The Bertz CT molecular complexity index is 644. The first-order chi connectivity index (χ1) is 13.1. The zero-order chi connectivity index (χ0) is 19.6. The van der Waals surface area contributed by atoms with Gasteiger partial charge in [-0.05, 0) is 37.1 Å². The summed E-state index contributed by atoms with van der Waals surface area (Å²) in [4.78, 5) is 38.5. The topological polar surface area (TPSA) is 84.9 Å². The number of esters is 1. The molecule has 0 bridgehead atoms. The minimum Gasteiger partial charge on any atom is -0.494 e. The summed E-state index contributed by atoms with van der Waals surface area (Å²) in [5.41, 5.74) is 0.458. The maximum atomic E-state index is 12.9. The molecule has 0 saturated carbocycles. The van der Waals surface area contributed by atoms with Crippen LogP contribution in [0.25, 0.3) is 0 Å². The smallest absolute Gasteiger partial charge is 0.308 e. The molecule has 1 aliphatic heterocycles. The lowest BCUT2D eigenvalue weighted by Gasteiger charge is -2.34. The van der Waals surface area contributed by atoms with Gasteiger partial charge in [0.1, 0.15) is 11.8 Å². The Balaban J connectivity index is 2.04. The Labute approximate surface area is 160 Å². The molecule has 0 aliphatic carbocycles. The summed E-state index contributed by atoms with van der Waals surface area (Å²) in [5.74, 6) is -0.381. The van der Waals surface area contributed by atoms with E-state index in [1.165, 1.54) is 4.90 Å². The molecule has 2 amide bonds. The minimum absolute atomic E-state index is 0.143. The summed E-state index contributed by atoms with van der Waals surface area (Å²) < 4.78 is 10.7. The molecule has 0 spiro atoms. The van der Waals surface area contributed by atoms with E-state index in [1.54, 1.807) is 24.3 Å². The van der Waals surface area contributed by atoms with Gasteiger partial charge in [0.25, 0.3) is 5.91 Å². The first kappa shape index (κ1) is 20.7. The highest BCUT2D eigenvalue weighted by Crippen LogP contribution is 2.18. The first-order valence-electron chi connectivity index (χ1n) is 9.54. The fourth-order valence-corrected chi connectivity index (χ4v) is 2.79. The van der Waals surface area contributed by atoms with Gasteiger partial charge in [0, 0.05) is 18.7 Å². The van der Waals surface area contributed by atoms with Crippen molar-refractivity contribution >= 4 is 17.8 Å². The van der Waals surface area contributed by atoms with Crippen molar-refractivity contribution in [2.75, 3.05) is 26.3 Å². The van der Waals surface area contributed by atoms with Crippen LogP contribution in [0.5, 0.6) is 5.75 Å². The predicted molar refractivity (Wildman–Crippen MR) is 101 cm³/mol. The van der Waals surface area contributed by atoms with Crippen LogP contribution in [-0.2, 0) is 14.3 Å². The number of ether oxygens (including phenoxy) is 2. The van der Waals surface area contributed by atoms with E-state index in [1.807, 2.05) is 6.92 Å². The van der Waals surface area contributed by atoms with Crippen LogP contribution in [0, 0.1) is 0 Å². The van der Waals surface area contributed by atoms with Gasteiger partial charge in [-0.2, -0.15) is 0 Å². The van der Waals surface area contributed by atoms with E-state index in [-0.39, 0.29) is 18.2 Å². The van der Waals surface area contributed by atoms with Gasteiger partial charge < -0.3 is 19.7 Å². The van der Waals surface area contributed by atoms with Gasteiger partial charge in [0.05, 0.1) is 19.6 Å². The van der Waals surface area contributed by atoms with Gasteiger partial charge >= 0.3 is 5.97 Å². The monoisotopic (exact) mass is 376 g/mol. The largest absolute Gasteiger partial charge is 0.494 e. The van der Waals surface area contributed by atoms with Crippen LogP contribution in [0.4, 0.5) is 0 Å². The summed E-state index contributed by atoms with van der Waals surface area (Å²) in [6.45, 7) is 5.65. The number of nitrogens with one attached hydrogen (secondary N) is 1. The van der Waals surface area contributed by atoms with Crippen LogP contribution in [0.2, 0.25) is 0 Å². The highest BCUT2D eigenvalue weighted by molar-refractivity contribution is 5.99. The number of carbonyl (C=O) groups is 3. The van der Waals surface area contributed by atoms with Crippen molar-refractivity contribution in [1.82, 2.24) is 10.2 Å². The molecule has 1 aliphatic rings. The normalized spacial score (nSPS) is 16.6. The maximum Gasteiger partial charge on any atom is 0.308 e. The summed E-state index contributed by atoms with van der Waals surface area (Å²) in [6, 6.07) is 6.01. The molecule has 7 heteroatoms. The molecule has 0 aromatic heterocycles. The lowest BCUT2D eigenvalue weighted by atomic mass is 10.1. The summed E-state index contributed by atoms with van der Waals surface area (Å²) in [6.07, 6.45) is 2.59. The molecule has 1 aromatic carbocycles. The van der Waals surface area contributed by atoms with Crippen LogP contribution in [-0.4, -0.2) is 55.0 Å². The van der Waals surface area contributed by atoms with Gasteiger partial charge in [-0.3, -0.25) is 14.4 Å². The lowest BCUT2D eigenvalue weighted by Crippen LogP contribution is -2.57. The molecule has 27 heavy (non-hydrogen) atoms. The Morgan fingerprint density at radius 1 is 1.15 bits per heavy atom. The minimum atomic E-state index is -0.851. The number of piperazine rings is 1. The molecular weight excluding hydrogens is 348 g/mol. The third kappa shape index (κ3) is 5.98. The Morgan fingerprint density at radius 2 is 1.89 bits per heavy atom. The number of benzene rings is 1. The number of hydrogen-bond donors (Lipinski definition) is 1. The number of amides is 2. The third-order valence-electron chi connectivity index (χ3n) is 4.29. The lowest BCUT2D eigenvalue weighted by molar-refractivity contribution is -0.147. The second-order valence-corrected chi connectivity index (χ2v) is 6.46. The van der Waals surface area contributed by atoms with Crippen molar-refractivity contribution in [3.05, 3.63) is 29.8 Å². The molecule has 1 atom stereocenters. The average Bonchev–Trinajstić information content (AvgIpc) is 2.68. The van der Waals surface area contributed by atoms with Crippen molar-refractivity contribution < 1.29 is 23.9 Å². The zero-order valence-corrected chi connectivity index (χ0v) is 16.0. The summed E-state index contributed by atoms with van der Waals surface area (Å²) in [5, 5.41) is 2.71. The van der Waals surface area contributed by atoms with Gasteiger partial charge in [-0.1, -0.05) is 20.3 Å². The molecule has 1 fully saturated rings. The van der Waals surface area contributed by atoms with E-state index in [2.05, 4.69) is 12.2 Å². The van der Waals surface area contributed by atoms with Crippen LogP contribution in [0.15, 0.2) is 24.3 Å². The van der Waals surface area contributed by atoms with E-state index < -0.39 is 12.0 Å². The van der Waals surface area contributed by atoms with Crippen LogP contribution < -0.4 is 10.1 Å². The summed E-state index contributed by atoms with van der Waals surface area (Å²) >= 11 is 0. The van der Waals surface area contributed by atoms with Gasteiger partial charge in [-0.25, -0.2) is 0 Å². The molecule has 2 rings (SSSR count). The Hall–Kier alpha value is -2.57. The number of hydrogen-bond acceptors (Lipinski definition) is 5. The summed E-state index contributed by atoms with van der Waals surface area (Å²) in [7, 11) is 0. The van der Waals surface area contributed by atoms with E-state index in [9.17, 15) is 14.4 Å². The third-order valence-corrected chi connectivity index (χ3v) is 4.29. The van der Waals surface area contributed by atoms with Gasteiger partial charge in [-0.15, -0.1) is 0 Å². The maximum absolute atomic E-state index is 12.9. The van der Waals surface area contributed by atoms with Gasteiger partial charge in [0.15, 0.2) is 0 Å². The van der Waals surface area contributed by atoms with Crippen LogP contribution in [0.3, 0.4) is 0 Å². The van der Waals surface area contributed by atoms with Crippen molar-refractivity contribution in [1.29, 1.82) is 0 Å². The van der Waals surface area contributed by atoms with Crippen LogP contribution >= 0.6 is 0 Å². The van der Waals surface area contributed by atoms with E-state index in [0.717, 1.165) is 12.8 Å². The molecule has 7 nitrogen and oxygen atoms in total. The quantitative estimate of drug-likeness (QED) is 0.527. The van der Waals surface area contributed by atoms with Crippen molar-refractivity contribution in [2.45, 2.75) is 45.6 Å². The molecule has 148 valence electrons. The Kier molecular flexibility index (Phi) is 8.10. The number of unbranched alkanes of at least 4 members (excludes halogenated alkanes) is 1. The van der Waals surface area contributed by atoms with Gasteiger partial charge in [0.2, 0.25) is 5.91 Å². The average molecular weight is 376 g/mol. The predicted octanol–water partition coefficient (Wildman–Crippen LogP) is 2.15. The highest BCUT2D eigenvalue weighted by Gasteiger charge is 2.35. The van der Waals surface area contributed by atoms with E-state index in [4.69, 9.17) is 9.47 Å². The molecule has 0 radical (unpaired) electrons. The van der Waals surface area contributed by atoms with E-state index >= 15 is 0 Å². The van der Waals surface area contributed by atoms with Crippen molar-refractivity contribution in [3.63, 3.8) is 0 Å². The standard InChI is InChI=1S/C20H28N2O5/c1-3-5-13-26-16-8-6-15(7-9-16)20(25)22-11-10-21-19(24)17(22)14-18(23)27-12-4-2/h6-9,17H,3-5,10-14H2,1-2H3,(H,21,24). The number of carbonyl (C=O) groups excluding carboxylic acids is 3. The first-order valence-corrected chi connectivity index (χ1v) is 9.54. The molecule has 1 aromatic rings. The Morgan fingerprint density at radius 3 is 2.56 bits per heavy atom.